The Hall–Kier alpha value is -1.46. The van der Waals surface area contributed by atoms with Crippen LogP contribution in [0.4, 0.5) is 0 Å². The van der Waals surface area contributed by atoms with Crippen LogP contribution in [0.15, 0.2) is 18.3 Å². The fraction of sp³-hybridized carbons (Fsp3) is 0.571. The number of aliphatic hydroxyl groups is 1. The van der Waals surface area contributed by atoms with Crippen molar-refractivity contribution in [2.75, 3.05) is 19.7 Å². The first-order valence-electron chi connectivity index (χ1n) is 7.03. The summed E-state index contributed by atoms with van der Waals surface area (Å²) in [5.41, 5.74) is 1.92. The van der Waals surface area contributed by atoms with Gasteiger partial charge in [0.1, 0.15) is 11.3 Å². The van der Waals surface area contributed by atoms with Crippen LogP contribution in [0.1, 0.15) is 31.0 Å². The second-order valence-electron chi connectivity index (χ2n) is 5.07. The normalized spacial score (nSPS) is 17.1. The Balaban J connectivity index is 2.00. The summed E-state index contributed by atoms with van der Waals surface area (Å²) in [6.07, 6.45) is 4.82. The first-order valence-corrected chi connectivity index (χ1v) is 7.03. The Bertz CT molecular complexity index is 545. The van der Waals surface area contributed by atoms with Crippen LogP contribution >= 0.6 is 0 Å². The summed E-state index contributed by atoms with van der Waals surface area (Å²) >= 11 is 0. The van der Waals surface area contributed by atoms with Gasteiger partial charge in [-0.2, -0.15) is 0 Å². The average Bonchev–Trinajstić information content (AvgIpc) is 2.85. The number of piperidine rings is 1. The van der Waals surface area contributed by atoms with Gasteiger partial charge >= 0.3 is 0 Å². The molecule has 0 atom stereocenters. The third-order valence-electron chi connectivity index (χ3n) is 3.78. The number of nitrogens with one attached hydrogen (secondary N) is 1. The summed E-state index contributed by atoms with van der Waals surface area (Å²) in [5.74, 6) is 1.65. The van der Waals surface area contributed by atoms with Gasteiger partial charge in [-0.15, -0.1) is 0 Å². The molecule has 102 valence electrons. The summed E-state index contributed by atoms with van der Waals surface area (Å²) in [6.45, 7) is 3.12. The number of aryl methyl sites for hydroxylation is 1. The minimum Gasteiger partial charge on any atom is -0.396 e. The molecule has 5 nitrogen and oxygen atoms in total. The molecule has 2 N–H and O–H groups in total. The molecule has 1 aliphatic rings. The molecule has 3 heterocycles. The molecule has 0 bridgehead atoms. The van der Waals surface area contributed by atoms with Crippen LogP contribution in [0.2, 0.25) is 0 Å². The third kappa shape index (κ3) is 2.48. The number of aliphatic hydroxyl groups excluding tert-OH is 1. The molecule has 3 rings (SSSR count). The predicted octanol–water partition coefficient (Wildman–Crippen LogP) is 1.28. The number of aromatic nitrogens is 3. The maximum absolute atomic E-state index is 9.07. The maximum Gasteiger partial charge on any atom is 0.159 e. The third-order valence-corrected chi connectivity index (χ3v) is 3.78. The van der Waals surface area contributed by atoms with Crippen molar-refractivity contribution in [1.29, 1.82) is 0 Å². The summed E-state index contributed by atoms with van der Waals surface area (Å²) in [7, 11) is 0. The smallest absolute Gasteiger partial charge is 0.159 e. The van der Waals surface area contributed by atoms with Crippen molar-refractivity contribution in [2.24, 2.45) is 0 Å². The molecular formula is C14H20N4O. The Labute approximate surface area is 112 Å². The lowest BCUT2D eigenvalue weighted by molar-refractivity contribution is 0.278. The van der Waals surface area contributed by atoms with Gasteiger partial charge in [0.15, 0.2) is 5.65 Å². The van der Waals surface area contributed by atoms with Crippen LogP contribution in [0.5, 0.6) is 0 Å². The van der Waals surface area contributed by atoms with E-state index in [1.54, 1.807) is 0 Å². The van der Waals surface area contributed by atoms with Gasteiger partial charge in [0, 0.05) is 25.3 Å². The molecule has 0 radical (unpaired) electrons. The lowest BCUT2D eigenvalue weighted by Gasteiger charge is -2.23. The predicted molar refractivity (Wildman–Crippen MR) is 74.1 cm³/mol. The largest absolute Gasteiger partial charge is 0.396 e. The van der Waals surface area contributed by atoms with Crippen molar-refractivity contribution >= 4 is 11.2 Å². The minimum absolute atomic E-state index is 0.207. The number of imidazole rings is 1. The van der Waals surface area contributed by atoms with Crippen molar-refractivity contribution < 1.29 is 5.11 Å². The molecule has 0 saturated carbocycles. The molecular weight excluding hydrogens is 240 g/mol. The van der Waals surface area contributed by atoms with Gasteiger partial charge in [0.2, 0.25) is 0 Å². The molecule has 19 heavy (non-hydrogen) atoms. The van der Waals surface area contributed by atoms with E-state index in [1.165, 1.54) is 0 Å². The first-order chi connectivity index (χ1) is 9.40. The second kappa shape index (κ2) is 5.67. The van der Waals surface area contributed by atoms with Crippen molar-refractivity contribution in [1.82, 2.24) is 19.9 Å². The average molecular weight is 260 g/mol. The van der Waals surface area contributed by atoms with E-state index in [1.807, 2.05) is 18.3 Å². The summed E-state index contributed by atoms with van der Waals surface area (Å²) < 4.78 is 2.20. The highest BCUT2D eigenvalue weighted by Crippen LogP contribution is 2.27. The summed E-state index contributed by atoms with van der Waals surface area (Å²) in [6, 6.07) is 3.94. The Morgan fingerprint density at radius 3 is 3.00 bits per heavy atom. The highest BCUT2D eigenvalue weighted by Gasteiger charge is 2.22. The number of rotatable bonds is 4. The van der Waals surface area contributed by atoms with Crippen LogP contribution < -0.4 is 5.32 Å². The zero-order chi connectivity index (χ0) is 13.1. The van der Waals surface area contributed by atoms with E-state index in [9.17, 15) is 0 Å². The molecule has 1 aliphatic heterocycles. The van der Waals surface area contributed by atoms with Crippen molar-refractivity contribution in [2.45, 2.75) is 31.7 Å². The SMILES string of the molecule is OCCCn1c(C2CCNCC2)nc2cccnc21. The number of pyridine rings is 1. The van der Waals surface area contributed by atoms with Gasteiger partial charge in [0.25, 0.3) is 0 Å². The van der Waals surface area contributed by atoms with Gasteiger partial charge in [-0.25, -0.2) is 9.97 Å². The van der Waals surface area contributed by atoms with Crippen LogP contribution in [-0.2, 0) is 6.54 Å². The lowest BCUT2D eigenvalue weighted by atomic mass is 9.97. The topological polar surface area (TPSA) is 63.0 Å². The van der Waals surface area contributed by atoms with Gasteiger partial charge in [-0.05, 0) is 44.5 Å². The van der Waals surface area contributed by atoms with E-state index in [2.05, 4.69) is 14.9 Å². The highest BCUT2D eigenvalue weighted by atomic mass is 16.3. The standard InChI is InChI=1S/C14H20N4O/c19-10-2-9-18-13(11-4-7-15-8-5-11)17-12-3-1-6-16-14(12)18/h1,3,6,11,15,19H,2,4-5,7-10H2. The Kier molecular flexibility index (Phi) is 3.75. The highest BCUT2D eigenvalue weighted by molar-refractivity contribution is 5.71. The monoisotopic (exact) mass is 260 g/mol. The molecule has 1 saturated heterocycles. The van der Waals surface area contributed by atoms with Gasteiger partial charge in [0.05, 0.1) is 0 Å². The molecule has 0 spiro atoms. The molecule has 0 amide bonds. The van der Waals surface area contributed by atoms with E-state index in [0.717, 1.165) is 55.9 Å². The molecule has 0 aliphatic carbocycles. The zero-order valence-electron chi connectivity index (χ0n) is 11.0. The van der Waals surface area contributed by atoms with Crippen molar-refractivity contribution in [3.8, 4) is 0 Å². The molecule has 2 aromatic rings. The zero-order valence-corrected chi connectivity index (χ0v) is 11.0. The maximum atomic E-state index is 9.07. The quantitative estimate of drug-likeness (QED) is 0.869. The van der Waals surface area contributed by atoms with Crippen LogP contribution in [-0.4, -0.2) is 39.3 Å². The summed E-state index contributed by atoms with van der Waals surface area (Å²) in [5, 5.41) is 12.5. The van der Waals surface area contributed by atoms with Gasteiger partial charge in [-0.3, -0.25) is 0 Å². The van der Waals surface area contributed by atoms with E-state index in [0.29, 0.717) is 5.92 Å². The van der Waals surface area contributed by atoms with Crippen molar-refractivity contribution in [3.63, 3.8) is 0 Å². The Morgan fingerprint density at radius 2 is 2.21 bits per heavy atom. The fourth-order valence-electron chi connectivity index (χ4n) is 2.82. The number of hydrogen-bond acceptors (Lipinski definition) is 4. The summed E-state index contributed by atoms with van der Waals surface area (Å²) in [4.78, 5) is 9.23. The van der Waals surface area contributed by atoms with Crippen LogP contribution in [0, 0.1) is 0 Å². The van der Waals surface area contributed by atoms with E-state index in [-0.39, 0.29) is 6.61 Å². The lowest BCUT2D eigenvalue weighted by Crippen LogP contribution is -2.28. The second-order valence-corrected chi connectivity index (χ2v) is 5.07. The number of fused-ring (bicyclic) bond motifs is 1. The molecule has 0 unspecified atom stereocenters. The van der Waals surface area contributed by atoms with Gasteiger partial charge in [-0.1, -0.05) is 0 Å². The van der Waals surface area contributed by atoms with Crippen LogP contribution in [0.25, 0.3) is 11.2 Å². The number of hydrogen-bond donors (Lipinski definition) is 2. The fourth-order valence-corrected chi connectivity index (χ4v) is 2.82. The number of nitrogens with zero attached hydrogens (tertiary/aromatic N) is 3. The molecule has 0 aromatic carbocycles. The van der Waals surface area contributed by atoms with Crippen LogP contribution in [0.3, 0.4) is 0 Å². The molecule has 5 heteroatoms. The molecule has 1 fully saturated rings. The first kappa shape index (κ1) is 12.6. The molecule has 2 aromatic heterocycles. The van der Waals surface area contributed by atoms with E-state index < -0.39 is 0 Å². The van der Waals surface area contributed by atoms with Crippen molar-refractivity contribution in [3.05, 3.63) is 24.2 Å². The van der Waals surface area contributed by atoms with E-state index in [4.69, 9.17) is 10.1 Å². The van der Waals surface area contributed by atoms with Gasteiger partial charge < -0.3 is 15.0 Å². The van der Waals surface area contributed by atoms with E-state index >= 15 is 0 Å². The Morgan fingerprint density at radius 1 is 1.37 bits per heavy atom. The minimum atomic E-state index is 0.207.